The Kier molecular flexibility index (Phi) is 3.21. The first-order valence-electron chi connectivity index (χ1n) is 6.55. The minimum absolute atomic E-state index is 0.210. The zero-order valence-electron chi connectivity index (χ0n) is 11.2. The molecule has 0 saturated carbocycles. The van der Waals surface area contributed by atoms with E-state index in [0.29, 0.717) is 5.69 Å². The van der Waals surface area contributed by atoms with Crippen LogP contribution in [-0.4, -0.2) is 11.3 Å². The third kappa shape index (κ3) is 2.54. The van der Waals surface area contributed by atoms with E-state index in [-0.39, 0.29) is 5.75 Å². The van der Waals surface area contributed by atoms with Crippen molar-refractivity contribution in [3.05, 3.63) is 71.8 Å². The summed E-state index contributed by atoms with van der Waals surface area (Å²) in [5.74, 6) is 0.210. The molecule has 0 aromatic heterocycles. The van der Waals surface area contributed by atoms with Crippen LogP contribution in [0.25, 0.3) is 10.8 Å². The van der Waals surface area contributed by atoms with Crippen LogP contribution in [-0.2, 0) is 0 Å². The minimum Gasteiger partial charge on any atom is -0.506 e. The van der Waals surface area contributed by atoms with Gasteiger partial charge in [0.05, 0.1) is 0 Å². The van der Waals surface area contributed by atoms with Gasteiger partial charge in [-0.1, -0.05) is 42.5 Å². The zero-order valence-corrected chi connectivity index (χ0v) is 11.2. The second-order valence-electron chi connectivity index (χ2n) is 4.86. The lowest BCUT2D eigenvalue weighted by Gasteiger charge is -2.01. The highest BCUT2D eigenvalue weighted by Gasteiger charge is 1.98. The third-order valence-corrected chi connectivity index (χ3v) is 3.26. The summed E-state index contributed by atoms with van der Waals surface area (Å²) in [4.78, 5) is 4.35. The van der Waals surface area contributed by atoms with Gasteiger partial charge in [0.25, 0.3) is 0 Å². The van der Waals surface area contributed by atoms with Crippen molar-refractivity contribution in [1.29, 1.82) is 0 Å². The summed E-state index contributed by atoms with van der Waals surface area (Å²) in [5.41, 5.74) is 2.62. The number of phenols is 1. The third-order valence-electron chi connectivity index (χ3n) is 3.26. The van der Waals surface area contributed by atoms with Gasteiger partial charge in [-0.15, -0.1) is 0 Å². The number of rotatable bonds is 2. The molecule has 1 N–H and O–H groups in total. The molecule has 98 valence electrons. The van der Waals surface area contributed by atoms with E-state index in [2.05, 4.69) is 29.3 Å². The van der Waals surface area contributed by atoms with Crippen molar-refractivity contribution in [3.8, 4) is 5.75 Å². The molecule has 0 spiro atoms. The number of aromatic hydroxyl groups is 1. The summed E-state index contributed by atoms with van der Waals surface area (Å²) in [7, 11) is 0. The summed E-state index contributed by atoms with van der Waals surface area (Å²) in [6, 6.07) is 19.9. The van der Waals surface area contributed by atoms with E-state index in [9.17, 15) is 5.11 Å². The molecule has 0 bridgehead atoms. The average Bonchev–Trinajstić information content (AvgIpc) is 2.46. The van der Waals surface area contributed by atoms with E-state index >= 15 is 0 Å². The molecule has 0 aliphatic rings. The van der Waals surface area contributed by atoms with E-state index in [4.69, 9.17) is 0 Å². The van der Waals surface area contributed by atoms with Crippen LogP contribution in [0.5, 0.6) is 5.75 Å². The van der Waals surface area contributed by atoms with Crippen LogP contribution in [0, 0.1) is 6.92 Å². The van der Waals surface area contributed by atoms with Gasteiger partial charge in [0.15, 0.2) is 0 Å². The Balaban J connectivity index is 1.93. The average molecular weight is 261 g/mol. The van der Waals surface area contributed by atoms with Crippen molar-refractivity contribution in [2.45, 2.75) is 6.92 Å². The number of fused-ring (bicyclic) bond motifs is 1. The molecule has 0 saturated heterocycles. The van der Waals surface area contributed by atoms with Gasteiger partial charge in [0.1, 0.15) is 11.4 Å². The van der Waals surface area contributed by atoms with Gasteiger partial charge in [0, 0.05) is 6.21 Å². The molecule has 3 rings (SSSR count). The first-order chi connectivity index (χ1) is 9.72. The van der Waals surface area contributed by atoms with E-state index in [1.165, 1.54) is 10.8 Å². The van der Waals surface area contributed by atoms with E-state index in [1.54, 1.807) is 12.3 Å². The standard InChI is InChI=1S/C18H15NO/c1-13-6-9-17(18(20)10-13)19-12-14-7-8-15-4-2-3-5-16(15)11-14/h2-12,20H,1H3. The second kappa shape index (κ2) is 5.17. The monoisotopic (exact) mass is 261 g/mol. The number of benzene rings is 3. The van der Waals surface area contributed by atoms with Crippen LogP contribution in [0.15, 0.2) is 65.7 Å². The number of hydrogen-bond donors (Lipinski definition) is 1. The molecule has 0 aliphatic heterocycles. The number of aliphatic imine (C=N–C) groups is 1. The molecule has 0 unspecified atom stereocenters. The molecule has 3 aromatic rings. The maximum absolute atomic E-state index is 9.83. The topological polar surface area (TPSA) is 32.6 Å². The molecule has 0 heterocycles. The molecule has 20 heavy (non-hydrogen) atoms. The predicted molar refractivity (Wildman–Crippen MR) is 84.0 cm³/mol. The van der Waals surface area contributed by atoms with Crippen LogP contribution < -0.4 is 0 Å². The summed E-state index contributed by atoms with van der Waals surface area (Å²) < 4.78 is 0. The maximum Gasteiger partial charge on any atom is 0.141 e. The molecular weight excluding hydrogens is 246 g/mol. The number of hydrogen-bond acceptors (Lipinski definition) is 2. The Morgan fingerprint density at radius 2 is 1.70 bits per heavy atom. The fourth-order valence-corrected chi connectivity index (χ4v) is 2.17. The molecule has 2 heteroatoms. The molecule has 0 amide bonds. The Labute approximate surface area is 118 Å². The maximum atomic E-state index is 9.83. The molecule has 2 nitrogen and oxygen atoms in total. The van der Waals surface area contributed by atoms with Gasteiger partial charge < -0.3 is 5.11 Å². The van der Waals surface area contributed by atoms with Crippen LogP contribution in [0.2, 0.25) is 0 Å². The van der Waals surface area contributed by atoms with E-state index in [0.717, 1.165) is 11.1 Å². The zero-order chi connectivity index (χ0) is 13.9. The molecule has 0 fully saturated rings. The molecular formula is C18H15NO. The fourth-order valence-electron chi connectivity index (χ4n) is 2.17. The smallest absolute Gasteiger partial charge is 0.141 e. The van der Waals surface area contributed by atoms with Gasteiger partial charge >= 0.3 is 0 Å². The van der Waals surface area contributed by atoms with Crippen LogP contribution in [0.3, 0.4) is 0 Å². The van der Waals surface area contributed by atoms with Gasteiger partial charge in [-0.3, -0.25) is 4.99 Å². The Morgan fingerprint density at radius 1 is 0.900 bits per heavy atom. The van der Waals surface area contributed by atoms with Crippen molar-refractivity contribution in [2.75, 3.05) is 0 Å². The number of nitrogens with zero attached hydrogens (tertiary/aromatic N) is 1. The van der Waals surface area contributed by atoms with Crippen molar-refractivity contribution in [1.82, 2.24) is 0 Å². The van der Waals surface area contributed by atoms with Gasteiger partial charge in [-0.25, -0.2) is 0 Å². The Bertz CT molecular complexity index is 790. The van der Waals surface area contributed by atoms with Crippen molar-refractivity contribution in [3.63, 3.8) is 0 Å². The number of aryl methyl sites for hydroxylation is 1. The largest absolute Gasteiger partial charge is 0.506 e. The first kappa shape index (κ1) is 12.4. The lowest BCUT2D eigenvalue weighted by atomic mass is 10.1. The molecule has 0 atom stereocenters. The molecule has 0 radical (unpaired) electrons. The van der Waals surface area contributed by atoms with E-state index < -0.39 is 0 Å². The molecule has 3 aromatic carbocycles. The highest BCUT2D eigenvalue weighted by Crippen LogP contribution is 2.26. The fraction of sp³-hybridized carbons (Fsp3) is 0.0556. The van der Waals surface area contributed by atoms with Gasteiger partial charge in [0.2, 0.25) is 0 Å². The SMILES string of the molecule is Cc1ccc(N=Cc2ccc3ccccc3c2)c(O)c1. The van der Waals surface area contributed by atoms with Crippen molar-refractivity contribution >= 4 is 22.7 Å². The summed E-state index contributed by atoms with van der Waals surface area (Å²) in [5, 5.41) is 12.2. The summed E-state index contributed by atoms with van der Waals surface area (Å²) in [6.07, 6.45) is 1.77. The Hall–Kier alpha value is -2.61. The van der Waals surface area contributed by atoms with Crippen LogP contribution >= 0.6 is 0 Å². The summed E-state index contributed by atoms with van der Waals surface area (Å²) in [6.45, 7) is 1.94. The van der Waals surface area contributed by atoms with Crippen LogP contribution in [0.1, 0.15) is 11.1 Å². The van der Waals surface area contributed by atoms with Crippen molar-refractivity contribution < 1.29 is 5.11 Å². The lowest BCUT2D eigenvalue weighted by Crippen LogP contribution is -1.81. The highest BCUT2D eigenvalue weighted by atomic mass is 16.3. The molecule has 0 aliphatic carbocycles. The van der Waals surface area contributed by atoms with Crippen molar-refractivity contribution in [2.24, 2.45) is 4.99 Å². The second-order valence-corrected chi connectivity index (χ2v) is 4.86. The lowest BCUT2D eigenvalue weighted by molar-refractivity contribution is 0.476. The van der Waals surface area contributed by atoms with Gasteiger partial charge in [-0.2, -0.15) is 0 Å². The summed E-state index contributed by atoms with van der Waals surface area (Å²) >= 11 is 0. The Morgan fingerprint density at radius 3 is 2.50 bits per heavy atom. The highest BCUT2D eigenvalue weighted by molar-refractivity contribution is 5.91. The van der Waals surface area contributed by atoms with Gasteiger partial charge in [-0.05, 0) is 47.0 Å². The quantitative estimate of drug-likeness (QED) is 0.671. The number of phenolic OH excluding ortho intramolecular Hbond substituents is 1. The minimum atomic E-state index is 0.210. The van der Waals surface area contributed by atoms with E-state index in [1.807, 2.05) is 37.3 Å². The first-order valence-corrected chi connectivity index (χ1v) is 6.55. The normalized spacial score (nSPS) is 11.2. The predicted octanol–water partition coefficient (Wildman–Crippen LogP) is 4.60. The van der Waals surface area contributed by atoms with Crippen LogP contribution in [0.4, 0.5) is 5.69 Å².